The summed E-state index contributed by atoms with van der Waals surface area (Å²) in [5.74, 6) is 1.91. The monoisotopic (exact) mass is 487 g/mol. The van der Waals surface area contributed by atoms with Crippen LogP contribution in [0.5, 0.6) is 11.5 Å². The van der Waals surface area contributed by atoms with Crippen LogP contribution in [0.3, 0.4) is 0 Å². The van der Waals surface area contributed by atoms with Crippen molar-refractivity contribution in [2.45, 2.75) is 25.1 Å². The zero-order valence-corrected chi connectivity index (χ0v) is 19.2. The number of amides is 1. The predicted octanol–water partition coefficient (Wildman–Crippen LogP) is 3.96. The van der Waals surface area contributed by atoms with E-state index in [0.29, 0.717) is 34.5 Å². The molecule has 2 aliphatic rings. The molecule has 1 saturated heterocycles. The van der Waals surface area contributed by atoms with Gasteiger partial charge in [0.25, 0.3) is 5.91 Å². The van der Waals surface area contributed by atoms with Crippen molar-refractivity contribution in [1.29, 1.82) is 0 Å². The van der Waals surface area contributed by atoms with E-state index in [1.165, 1.54) is 0 Å². The molecule has 0 aliphatic carbocycles. The van der Waals surface area contributed by atoms with Crippen LogP contribution in [0.1, 0.15) is 12.2 Å². The first-order chi connectivity index (χ1) is 15.9. The number of carbonyl (C=O) groups is 1. The fourth-order valence-electron chi connectivity index (χ4n) is 4.13. The smallest absolute Gasteiger partial charge is 0.267 e. The Hall–Kier alpha value is -2.97. The maximum absolute atomic E-state index is 13.5. The van der Waals surface area contributed by atoms with Gasteiger partial charge < -0.3 is 18.8 Å². The minimum absolute atomic E-state index is 0.0556. The number of rotatable bonds is 5. The van der Waals surface area contributed by atoms with Crippen LogP contribution in [0.2, 0.25) is 5.02 Å². The van der Waals surface area contributed by atoms with Crippen molar-refractivity contribution in [2.75, 3.05) is 18.1 Å². The van der Waals surface area contributed by atoms with E-state index in [2.05, 4.69) is 0 Å². The third kappa shape index (κ3) is 4.72. The molecule has 0 N–H and O–H groups in total. The summed E-state index contributed by atoms with van der Waals surface area (Å²) >= 11 is 5.96. The second-order valence-corrected chi connectivity index (χ2v) is 10.8. The van der Waals surface area contributed by atoms with Crippen molar-refractivity contribution in [1.82, 2.24) is 4.90 Å². The van der Waals surface area contributed by atoms with Crippen molar-refractivity contribution >= 4 is 27.3 Å². The first kappa shape index (κ1) is 21.9. The molecule has 1 fully saturated rings. The van der Waals surface area contributed by atoms with E-state index in [1.807, 2.05) is 24.3 Å². The molecule has 2 atom stereocenters. The lowest BCUT2D eigenvalue weighted by molar-refractivity contribution is -0.144. The number of fused-ring (bicyclic) bond motifs is 1. The second kappa shape index (κ2) is 8.76. The van der Waals surface area contributed by atoms with Gasteiger partial charge in [-0.05, 0) is 55.0 Å². The Bertz CT molecular complexity index is 1270. The minimum atomic E-state index is -3.20. The minimum Gasteiger partial charge on any atom is -0.485 e. The van der Waals surface area contributed by atoms with Gasteiger partial charge in [0.1, 0.15) is 18.1 Å². The van der Waals surface area contributed by atoms with Crippen LogP contribution < -0.4 is 9.47 Å². The summed E-state index contributed by atoms with van der Waals surface area (Å²) in [6.07, 6.45) is -0.489. The second-order valence-electron chi connectivity index (χ2n) is 8.16. The molecule has 7 nitrogen and oxygen atoms in total. The SMILES string of the molecule is O=C([C@@H]1COc2ccccc2O1)N(Cc1ccc(-c2ccc(Cl)cc2)o1)[C@@H]1CCS(=O)(=O)C1. The van der Waals surface area contributed by atoms with E-state index in [0.717, 1.165) is 5.56 Å². The molecule has 172 valence electrons. The van der Waals surface area contributed by atoms with Crippen LogP contribution in [-0.4, -0.2) is 49.5 Å². The van der Waals surface area contributed by atoms with Gasteiger partial charge >= 0.3 is 0 Å². The zero-order chi connectivity index (χ0) is 23.0. The molecular weight excluding hydrogens is 466 g/mol. The molecule has 0 bridgehead atoms. The van der Waals surface area contributed by atoms with Gasteiger partial charge in [0.2, 0.25) is 6.10 Å². The van der Waals surface area contributed by atoms with Gasteiger partial charge in [-0.2, -0.15) is 0 Å². The summed E-state index contributed by atoms with van der Waals surface area (Å²) in [4.78, 5) is 15.0. The average molecular weight is 488 g/mol. The number of para-hydroxylation sites is 2. The third-order valence-electron chi connectivity index (χ3n) is 5.83. The van der Waals surface area contributed by atoms with Crippen LogP contribution in [0, 0.1) is 0 Å². The summed E-state index contributed by atoms with van der Waals surface area (Å²) in [6.45, 7) is 0.189. The van der Waals surface area contributed by atoms with Gasteiger partial charge in [0.05, 0.1) is 18.1 Å². The number of halogens is 1. The standard InChI is InChI=1S/C24H22ClNO6S/c25-17-7-5-16(6-8-17)20-10-9-19(31-20)13-26(18-11-12-33(28,29)15-18)24(27)23-14-30-21-3-1-2-4-22(21)32-23/h1-10,18,23H,11-15H2/t18-,23+/m1/s1. The Morgan fingerprint density at radius 1 is 1.03 bits per heavy atom. The van der Waals surface area contributed by atoms with E-state index < -0.39 is 22.0 Å². The van der Waals surface area contributed by atoms with E-state index in [1.54, 1.807) is 41.3 Å². The highest BCUT2D eigenvalue weighted by molar-refractivity contribution is 7.91. The third-order valence-corrected chi connectivity index (χ3v) is 7.84. The van der Waals surface area contributed by atoms with Crippen molar-refractivity contribution in [3.8, 4) is 22.8 Å². The summed E-state index contributed by atoms with van der Waals surface area (Å²) < 4.78 is 41.9. The first-order valence-corrected chi connectivity index (χ1v) is 12.8. The number of ether oxygens (including phenoxy) is 2. The molecule has 2 aliphatic heterocycles. The molecule has 0 unspecified atom stereocenters. The topological polar surface area (TPSA) is 86.1 Å². The lowest BCUT2D eigenvalue weighted by atomic mass is 10.1. The largest absolute Gasteiger partial charge is 0.485 e. The molecule has 5 rings (SSSR count). The van der Waals surface area contributed by atoms with Gasteiger partial charge in [-0.25, -0.2) is 8.42 Å². The Labute approximate surface area is 196 Å². The Balaban J connectivity index is 1.39. The number of nitrogens with zero attached hydrogens (tertiary/aromatic N) is 1. The lowest BCUT2D eigenvalue weighted by Gasteiger charge is -2.33. The molecule has 9 heteroatoms. The van der Waals surface area contributed by atoms with Crippen molar-refractivity contribution < 1.29 is 27.1 Å². The van der Waals surface area contributed by atoms with Gasteiger partial charge in [-0.3, -0.25) is 4.79 Å². The van der Waals surface area contributed by atoms with Crippen LogP contribution in [-0.2, 0) is 21.2 Å². The fourth-order valence-corrected chi connectivity index (χ4v) is 5.99. The molecule has 2 aromatic carbocycles. The summed E-state index contributed by atoms with van der Waals surface area (Å²) in [6, 6.07) is 17.6. The normalized spacial score (nSPS) is 21.0. The van der Waals surface area contributed by atoms with Gasteiger partial charge in [0.15, 0.2) is 21.3 Å². The summed E-state index contributed by atoms with van der Waals surface area (Å²) in [5, 5.41) is 0.626. The molecule has 0 spiro atoms. The van der Waals surface area contributed by atoms with E-state index >= 15 is 0 Å². The van der Waals surface area contributed by atoms with Gasteiger partial charge in [-0.1, -0.05) is 23.7 Å². The highest BCUT2D eigenvalue weighted by Crippen LogP contribution is 2.32. The number of sulfone groups is 1. The molecule has 0 radical (unpaired) electrons. The zero-order valence-electron chi connectivity index (χ0n) is 17.6. The number of benzene rings is 2. The quantitative estimate of drug-likeness (QED) is 0.541. The molecule has 3 heterocycles. The Kier molecular flexibility index (Phi) is 5.80. The van der Waals surface area contributed by atoms with Crippen LogP contribution in [0.4, 0.5) is 0 Å². The predicted molar refractivity (Wildman–Crippen MR) is 123 cm³/mol. The Morgan fingerprint density at radius 3 is 2.52 bits per heavy atom. The fraction of sp³-hybridized carbons (Fsp3) is 0.292. The van der Waals surface area contributed by atoms with Gasteiger partial charge in [-0.15, -0.1) is 0 Å². The number of furan rings is 1. The maximum Gasteiger partial charge on any atom is 0.267 e. The highest BCUT2D eigenvalue weighted by Gasteiger charge is 2.39. The van der Waals surface area contributed by atoms with Crippen molar-refractivity contribution in [2.24, 2.45) is 0 Å². The summed E-state index contributed by atoms with van der Waals surface area (Å²) in [5.41, 5.74) is 0.854. The molecule has 33 heavy (non-hydrogen) atoms. The van der Waals surface area contributed by atoms with E-state index in [-0.39, 0.29) is 30.6 Å². The van der Waals surface area contributed by atoms with Crippen molar-refractivity contribution in [3.05, 3.63) is 71.4 Å². The van der Waals surface area contributed by atoms with E-state index in [9.17, 15) is 13.2 Å². The lowest BCUT2D eigenvalue weighted by Crippen LogP contribution is -2.50. The van der Waals surface area contributed by atoms with Gasteiger partial charge in [0, 0.05) is 16.6 Å². The maximum atomic E-state index is 13.5. The molecule has 1 amide bonds. The average Bonchev–Trinajstić information content (AvgIpc) is 3.43. The summed E-state index contributed by atoms with van der Waals surface area (Å²) in [7, 11) is -3.20. The first-order valence-electron chi connectivity index (χ1n) is 10.6. The Morgan fingerprint density at radius 2 is 1.79 bits per heavy atom. The molecular formula is C24H22ClNO6S. The highest BCUT2D eigenvalue weighted by atomic mass is 35.5. The number of carbonyl (C=O) groups excluding carboxylic acids is 1. The van der Waals surface area contributed by atoms with E-state index in [4.69, 9.17) is 25.5 Å². The van der Waals surface area contributed by atoms with Crippen molar-refractivity contribution in [3.63, 3.8) is 0 Å². The van der Waals surface area contributed by atoms with Crippen LogP contribution in [0.15, 0.2) is 65.1 Å². The van der Waals surface area contributed by atoms with Crippen LogP contribution >= 0.6 is 11.6 Å². The van der Waals surface area contributed by atoms with Crippen LogP contribution in [0.25, 0.3) is 11.3 Å². The molecule has 0 saturated carbocycles. The molecule has 3 aromatic rings. The number of hydrogen-bond acceptors (Lipinski definition) is 6. The molecule has 1 aromatic heterocycles. The number of hydrogen-bond donors (Lipinski definition) is 0.